The fraction of sp³-hybridized carbons (Fsp3) is 0.391. The van der Waals surface area contributed by atoms with Crippen LogP contribution >= 0.6 is 24.0 Å². The molecule has 0 heterocycles. The van der Waals surface area contributed by atoms with Crippen LogP contribution in [0.1, 0.15) is 18.1 Å². The third kappa shape index (κ3) is 9.91. The second kappa shape index (κ2) is 15.3. The van der Waals surface area contributed by atoms with Gasteiger partial charge < -0.3 is 25.4 Å². The Balaban J connectivity index is 0.00000480. The number of guanidine groups is 1. The molecule has 0 saturated heterocycles. The van der Waals surface area contributed by atoms with E-state index in [1.165, 1.54) is 5.56 Å². The predicted molar refractivity (Wildman–Crippen MR) is 136 cm³/mol. The molecule has 0 fully saturated rings. The zero-order valence-electron chi connectivity index (χ0n) is 18.4. The fourth-order valence-corrected chi connectivity index (χ4v) is 2.90. The Kier molecular flexibility index (Phi) is 13.1. The number of hydrogen-bond acceptors (Lipinski definition) is 4. The lowest BCUT2D eigenvalue weighted by Gasteiger charge is -2.13. The Morgan fingerprint density at radius 2 is 1.55 bits per heavy atom. The fourth-order valence-electron chi connectivity index (χ4n) is 2.90. The van der Waals surface area contributed by atoms with Crippen LogP contribution in [0.5, 0.6) is 11.5 Å². The highest BCUT2D eigenvalue weighted by Gasteiger charge is 2.06. The van der Waals surface area contributed by atoms with E-state index in [0.29, 0.717) is 30.5 Å². The van der Waals surface area contributed by atoms with Gasteiger partial charge in [0.2, 0.25) is 5.91 Å². The molecule has 0 saturated carbocycles. The van der Waals surface area contributed by atoms with Gasteiger partial charge in [0.1, 0.15) is 6.54 Å². The molecule has 0 atom stereocenters. The molecule has 7 nitrogen and oxygen atoms in total. The van der Waals surface area contributed by atoms with E-state index >= 15 is 0 Å². The molecule has 0 bridgehead atoms. The van der Waals surface area contributed by atoms with Gasteiger partial charge in [-0.25, -0.2) is 4.99 Å². The van der Waals surface area contributed by atoms with Crippen LogP contribution in [0.4, 0.5) is 0 Å². The normalized spacial score (nSPS) is 10.6. The van der Waals surface area contributed by atoms with Crippen molar-refractivity contribution in [3.63, 3.8) is 0 Å². The van der Waals surface area contributed by atoms with Crippen molar-refractivity contribution in [2.45, 2.75) is 19.8 Å². The number of benzene rings is 2. The summed E-state index contributed by atoms with van der Waals surface area (Å²) in [5, 5.41) is 9.33. The predicted octanol–water partition coefficient (Wildman–Crippen LogP) is 2.78. The second-order valence-electron chi connectivity index (χ2n) is 6.65. The summed E-state index contributed by atoms with van der Waals surface area (Å²) < 4.78 is 10.6. The highest BCUT2D eigenvalue weighted by Crippen LogP contribution is 2.27. The quantitative estimate of drug-likeness (QED) is 0.232. The lowest BCUT2D eigenvalue weighted by Crippen LogP contribution is -2.39. The standard InChI is InChI=1S/C23H32N4O3.HI/c1-4-24-23(26-15-13-19-10-11-20(29-2)21(16-19)30-3)27-17-22(28)25-14-12-18-8-6-5-7-9-18;/h5-11,16H,4,12-15,17H2,1-3H3,(H,25,28)(H2,24,26,27);1H. The lowest BCUT2D eigenvalue weighted by atomic mass is 10.1. The molecule has 3 N–H and O–H groups in total. The van der Waals surface area contributed by atoms with E-state index in [4.69, 9.17) is 9.47 Å². The number of rotatable bonds is 11. The van der Waals surface area contributed by atoms with Crippen LogP contribution in [0.15, 0.2) is 53.5 Å². The number of amides is 1. The van der Waals surface area contributed by atoms with E-state index in [-0.39, 0.29) is 36.4 Å². The van der Waals surface area contributed by atoms with Crippen LogP contribution in [-0.4, -0.2) is 52.3 Å². The van der Waals surface area contributed by atoms with Gasteiger partial charge in [-0.15, -0.1) is 24.0 Å². The van der Waals surface area contributed by atoms with Gasteiger partial charge in [-0.2, -0.15) is 0 Å². The zero-order valence-corrected chi connectivity index (χ0v) is 20.8. The van der Waals surface area contributed by atoms with Crippen molar-refractivity contribution >= 4 is 35.8 Å². The van der Waals surface area contributed by atoms with Gasteiger partial charge in [-0.1, -0.05) is 36.4 Å². The molecule has 0 spiro atoms. The van der Waals surface area contributed by atoms with Crippen LogP contribution in [0, 0.1) is 0 Å². The topological polar surface area (TPSA) is 84.0 Å². The molecule has 31 heavy (non-hydrogen) atoms. The molecule has 0 aliphatic carbocycles. The first kappa shape index (κ1) is 26.5. The number of carbonyl (C=O) groups excluding carboxylic acids is 1. The monoisotopic (exact) mass is 540 g/mol. The minimum atomic E-state index is -0.0944. The van der Waals surface area contributed by atoms with Gasteiger partial charge in [0.25, 0.3) is 0 Å². The molecular formula is C23H33IN4O3. The van der Waals surface area contributed by atoms with Gasteiger partial charge in [0.05, 0.1) is 14.2 Å². The average Bonchev–Trinajstić information content (AvgIpc) is 2.78. The molecule has 0 aliphatic rings. The van der Waals surface area contributed by atoms with E-state index in [2.05, 4.69) is 33.1 Å². The van der Waals surface area contributed by atoms with E-state index in [9.17, 15) is 4.79 Å². The van der Waals surface area contributed by atoms with E-state index < -0.39 is 0 Å². The Morgan fingerprint density at radius 1 is 0.871 bits per heavy atom. The van der Waals surface area contributed by atoms with Crippen LogP contribution in [0.2, 0.25) is 0 Å². The van der Waals surface area contributed by atoms with Gasteiger partial charge in [0, 0.05) is 19.6 Å². The van der Waals surface area contributed by atoms with E-state index in [0.717, 1.165) is 24.9 Å². The molecule has 2 aromatic carbocycles. The molecule has 0 radical (unpaired) electrons. The highest BCUT2D eigenvalue weighted by molar-refractivity contribution is 14.0. The number of carbonyl (C=O) groups is 1. The van der Waals surface area contributed by atoms with Gasteiger partial charge >= 0.3 is 0 Å². The average molecular weight is 540 g/mol. The summed E-state index contributed by atoms with van der Waals surface area (Å²) in [6.07, 6.45) is 1.59. The molecule has 170 valence electrons. The number of halogens is 1. The Labute approximate surface area is 202 Å². The highest BCUT2D eigenvalue weighted by atomic mass is 127. The third-order valence-electron chi connectivity index (χ3n) is 4.46. The maximum Gasteiger partial charge on any atom is 0.241 e. The first-order valence-electron chi connectivity index (χ1n) is 10.2. The van der Waals surface area contributed by atoms with Crippen molar-refractivity contribution in [2.24, 2.45) is 4.99 Å². The smallest absolute Gasteiger partial charge is 0.241 e. The summed E-state index contributed by atoms with van der Waals surface area (Å²) >= 11 is 0. The Morgan fingerprint density at radius 3 is 2.23 bits per heavy atom. The lowest BCUT2D eigenvalue weighted by molar-refractivity contribution is -0.119. The molecular weight excluding hydrogens is 507 g/mol. The molecule has 1 amide bonds. The van der Waals surface area contributed by atoms with Crippen molar-refractivity contribution in [1.82, 2.24) is 16.0 Å². The van der Waals surface area contributed by atoms with Crippen molar-refractivity contribution in [2.75, 3.05) is 40.4 Å². The zero-order chi connectivity index (χ0) is 21.6. The Hall–Kier alpha value is -2.49. The van der Waals surface area contributed by atoms with Crippen LogP contribution in [0.3, 0.4) is 0 Å². The third-order valence-corrected chi connectivity index (χ3v) is 4.46. The van der Waals surface area contributed by atoms with Crippen molar-refractivity contribution in [3.05, 3.63) is 59.7 Å². The van der Waals surface area contributed by atoms with Gasteiger partial charge in [-0.3, -0.25) is 4.79 Å². The van der Waals surface area contributed by atoms with Crippen LogP contribution in [-0.2, 0) is 17.6 Å². The number of aliphatic imine (C=N–C) groups is 1. The summed E-state index contributed by atoms with van der Waals surface area (Å²) in [5.41, 5.74) is 2.32. The van der Waals surface area contributed by atoms with Crippen LogP contribution in [0.25, 0.3) is 0 Å². The molecule has 0 unspecified atom stereocenters. The molecule has 2 aromatic rings. The SMILES string of the molecule is CCNC(=NCC(=O)NCCc1ccccc1)NCCc1ccc(OC)c(OC)c1.I. The summed E-state index contributed by atoms with van der Waals surface area (Å²) in [6.45, 7) is 4.07. The minimum Gasteiger partial charge on any atom is -0.493 e. The van der Waals surface area contributed by atoms with Crippen LogP contribution < -0.4 is 25.4 Å². The summed E-state index contributed by atoms with van der Waals surface area (Å²) in [7, 11) is 3.25. The number of ether oxygens (including phenoxy) is 2. The van der Waals surface area contributed by atoms with Crippen molar-refractivity contribution < 1.29 is 14.3 Å². The molecule has 0 aromatic heterocycles. The summed E-state index contributed by atoms with van der Waals surface area (Å²) in [6, 6.07) is 15.9. The number of nitrogens with zero attached hydrogens (tertiary/aromatic N) is 1. The Bertz CT molecular complexity index is 816. The molecule has 8 heteroatoms. The number of hydrogen-bond donors (Lipinski definition) is 3. The molecule has 0 aliphatic heterocycles. The maximum atomic E-state index is 12.1. The summed E-state index contributed by atoms with van der Waals surface area (Å²) in [5.74, 6) is 1.95. The number of methoxy groups -OCH3 is 2. The first-order valence-corrected chi connectivity index (χ1v) is 10.2. The largest absolute Gasteiger partial charge is 0.493 e. The van der Waals surface area contributed by atoms with E-state index in [1.54, 1.807) is 14.2 Å². The second-order valence-corrected chi connectivity index (χ2v) is 6.65. The minimum absolute atomic E-state index is 0. The van der Waals surface area contributed by atoms with Gasteiger partial charge in [0.15, 0.2) is 17.5 Å². The van der Waals surface area contributed by atoms with Crippen molar-refractivity contribution in [1.29, 1.82) is 0 Å². The maximum absolute atomic E-state index is 12.1. The van der Waals surface area contributed by atoms with E-state index in [1.807, 2.05) is 43.3 Å². The first-order chi connectivity index (χ1) is 14.7. The molecule has 2 rings (SSSR count). The summed E-state index contributed by atoms with van der Waals surface area (Å²) in [4.78, 5) is 16.4. The van der Waals surface area contributed by atoms with Crippen molar-refractivity contribution in [3.8, 4) is 11.5 Å². The van der Waals surface area contributed by atoms with Gasteiger partial charge in [-0.05, 0) is 43.0 Å². The number of nitrogens with one attached hydrogen (secondary N) is 3.